The zero-order valence-electron chi connectivity index (χ0n) is 20.2. The van der Waals surface area contributed by atoms with Gasteiger partial charge in [0.15, 0.2) is 16.6 Å². The Bertz CT molecular complexity index is 499. The minimum Gasteiger partial charge on any atom is -0.449 e. The molecular formula is C23H47NOPdSi2. The van der Waals surface area contributed by atoms with Crippen LogP contribution in [0, 0.1) is 5.41 Å². The van der Waals surface area contributed by atoms with E-state index in [2.05, 4.69) is 78.9 Å². The van der Waals surface area contributed by atoms with Crippen molar-refractivity contribution in [3.05, 3.63) is 24.6 Å². The van der Waals surface area contributed by atoms with Crippen molar-refractivity contribution < 1.29 is 24.5 Å². The zero-order valence-corrected chi connectivity index (χ0v) is 23.7. The van der Waals surface area contributed by atoms with Crippen molar-refractivity contribution in [3.63, 3.8) is 0 Å². The van der Waals surface area contributed by atoms with E-state index in [0.717, 1.165) is 0 Å². The van der Waals surface area contributed by atoms with Gasteiger partial charge in [0.05, 0.1) is 0 Å². The smallest absolute Gasteiger partial charge is 0.198 e. The molecule has 0 aromatic heterocycles. The molecule has 2 nitrogen and oxygen atoms in total. The van der Waals surface area contributed by atoms with Crippen LogP contribution in [-0.4, -0.2) is 39.2 Å². The summed E-state index contributed by atoms with van der Waals surface area (Å²) in [5.41, 5.74) is 5.31. The molecule has 1 spiro atoms. The van der Waals surface area contributed by atoms with Crippen LogP contribution >= 0.6 is 0 Å². The summed E-state index contributed by atoms with van der Waals surface area (Å²) in [5, 5.41) is 0. The van der Waals surface area contributed by atoms with E-state index in [1.54, 1.807) is 0 Å². The van der Waals surface area contributed by atoms with Gasteiger partial charge in [0.1, 0.15) is 0 Å². The maximum atomic E-state index is 5.97. The number of hydrogen-bond acceptors (Lipinski definition) is 2. The van der Waals surface area contributed by atoms with Crippen LogP contribution in [0.15, 0.2) is 24.6 Å². The summed E-state index contributed by atoms with van der Waals surface area (Å²) in [6.45, 7) is 29.5. The number of rotatable bonds is 4. The van der Waals surface area contributed by atoms with Crippen molar-refractivity contribution in [2.75, 3.05) is 6.54 Å². The van der Waals surface area contributed by atoms with Crippen LogP contribution in [0.3, 0.4) is 0 Å². The van der Waals surface area contributed by atoms with Crippen LogP contribution in [0.4, 0.5) is 0 Å². The van der Waals surface area contributed by atoms with Gasteiger partial charge in [-0.25, -0.2) is 0 Å². The fraction of sp³-hybridized carbons (Fsp3) is 0.826. The van der Waals surface area contributed by atoms with Gasteiger partial charge in [-0.3, -0.25) is 4.90 Å². The SMILES string of the molecule is C=C[Si](C)(C)O[Si](C)(C)C=C.CC(C)(C)N1CC2(CCCCC2)CC1(C)C.[Pd]. The molecule has 0 aromatic rings. The minimum absolute atomic E-state index is 0. The average Bonchev–Trinajstić information content (AvgIpc) is 2.78. The number of nitrogens with zero attached hydrogens (tertiary/aromatic N) is 1. The van der Waals surface area contributed by atoms with E-state index in [4.69, 9.17) is 4.12 Å². The molecule has 0 bridgehead atoms. The van der Waals surface area contributed by atoms with Crippen LogP contribution < -0.4 is 0 Å². The molecule has 0 aromatic carbocycles. The third-order valence-electron chi connectivity index (χ3n) is 6.27. The van der Waals surface area contributed by atoms with E-state index in [-0.39, 0.29) is 20.4 Å². The van der Waals surface area contributed by atoms with E-state index in [9.17, 15) is 0 Å². The van der Waals surface area contributed by atoms with E-state index in [1.165, 1.54) is 45.1 Å². The predicted molar refractivity (Wildman–Crippen MR) is 127 cm³/mol. The number of hydrogen-bond donors (Lipinski definition) is 0. The molecule has 1 saturated heterocycles. The van der Waals surface area contributed by atoms with Crippen molar-refractivity contribution in [2.45, 2.75) is 110 Å². The molecule has 0 amide bonds. The van der Waals surface area contributed by atoms with E-state index < -0.39 is 16.6 Å². The normalized spacial score (nSPS) is 22.0. The van der Waals surface area contributed by atoms with Gasteiger partial charge in [-0.1, -0.05) is 30.7 Å². The zero-order chi connectivity index (χ0) is 21.1. The van der Waals surface area contributed by atoms with Gasteiger partial charge in [0.2, 0.25) is 0 Å². The van der Waals surface area contributed by atoms with Crippen LogP contribution in [0.1, 0.15) is 73.1 Å². The first-order valence-corrected chi connectivity index (χ1v) is 16.8. The molecule has 0 unspecified atom stereocenters. The van der Waals surface area contributed by atoms with Crippen LogP contribution in [0.25, 0.3) is 0 Å². The molecule has 28 heavy (non-hydrogen) atoms. The first-order chi connectivity index (χ1) is 12.1. The summed E-state index contributed by atoms with van der Waals surface area (Å²) < 4.78 is 5.97. The molecule has 1 heterocycles. The fourth-order valence-electron chi connectivity index (χ4n) is 5.16. The molecule has 2 aliphatic rings. The second-order valence-corrected chi connectivity index (χ2v) is 19.6. The summed E-state index contributed by atoms with van der Waals surface area (Å²) in [6, 6.07) is 0. The third-order valence-corrected chi connectivity index (χ3v) is 12.4. The molecule has 1 saturated carbocycles. The molecule has 0 N–H and O–H groups in total. The summed E-state index contributed by atoms with van der Waals surface area (Å²) >= 11 is 0. The van der Waals surface area contributed by atoms with Gasteiger partial charge in [0, 0.05) is 38.0 Å². The van der Waals surface area contributed by atoms with Crippen molar-refractivity contribution in [1.29, 1.82) is 0 Å². The second-order valence-electron chi connectivity index (χ2n) is 11.5. The first-order valence-electron chi connectivity index (χ1n) is 10.8. The number of likely N-dealkylation sites (tertiary alicyclic amines) is 1. The average molecular weight is 516 g/mol. The molecule has 168 valence electrons. The van der Waals surface area contributed by atoms with Crippen molar-refractivity contribution >= 4 is 16.6 Å². The molecule has 1 aliphatic carbocycles. The van der Waals surface area contributed by atoms with Gasteiger partial charge in [0.25, 0.3) is 0 Å². The maximum Gasteiger partial charge on any atom is 0.198 e. The van der Waals surface area contributed by atoms with Gasteiger partial charge in [-0.15, -0.1) is 13.2 Å². The topological polar surface area (TPSA) is 12.5 Å². The molecule has 5 heteroatoms. The Balaban J connectivity index is 0.000000541. The molecule has 2 rings (SSSR count). The van der Waals surface area contributed by atoms with Crippen molar-refractivity contribution in [2.24, 2.45) is 5.41 Å². The van der Waals surface area contributed by atoms with Crippen LogP contribution in [-0.2, 0) is 24.5 Å². The molecular weight excluding hydrogens is 469 g/mol. The molecule has 0 atom stereocenters. The Labute approximate surface area is 192 Å². The van der Waals surface area contributed by atoms with E-state index >= 15 is 0 Å². The summed E-state index contributed by atoms with van der Waals surface area (Å²) in [7, 11) is -3.16. The fourth-order valence-corrected chi connectivity index (χ4v) is 11.3. The second kappa shape index (κ2) is 10.2. The van der Waals surface area contributed by atoms with Gasteiger partial charge in [-0.2, -0.15) is 0 Å². The van der Waals surface area contributed by atoms with Crippen molar-refractivity contribution in [1.82, 2.24) is 4.90 Å². The Morgan fingerprint density at radius 1 is 0.893 bits per heavy atom. The van der Waals surface area contributed by atoms with Gasteiger partial charge in [-0.05, 0) is 85.5 Å². The predicted octanol–water partition coefficient (Wildman–Crippen LogP) is 7.08. The van der Waals surface area contributed by atoms with E-state index in [0.29, 0.717) is 16.5 Å². The standard InChI is InChI=1S/C15H29N.C8H18OSi2.Pd/c1-13(2,3)16-12-15(11-14(16,4)5)9-7-6-8-10-15;1-7-10(3,4)9-11(5,6)8-2;/h6-12H2,1-5H3;7-8H,1-2H2,3-6H3;. The van der Waals surface area contributed by atoms with Crippen LogP contribution in [0.5, 0.6) is 0 Å². The monoisotopic (exact) mass is 515 g/mol. The Kier molecular flexibility index (Phi) is 10.4. The Hall–Kier alpha value is 0.496. The first kappa shape index (κ1) is 28.5. The molecule has 2 fully saturated rings. The van der Waals surface area contributed by atoms with Crippen molar-refractivity contribution in [3.8, 4) is 0 Å². The molecule has 0 radical (unpaired) electrons. The quantitative estimate of drug-likeness (QED) is 0.371. The maximum absolute atomic E-state index is 5.97. The summed E-state index contributed by atoms with van der Waals surface area (Å²) in [6.07, 6.45) is 8.77. The van der Waals surface area contributed by atoms with Crippen LogP contribution in [0.2, 0.25) is 26.2 Å². The summed E-state index contributed by atoms with van der Waals surface area (Å²) in [5.74, 6) is 0. The summed E-state index contributed by atoms with van der Waals surface area (Å²) in [4.78, 5) is 2.76. The Morgan fingerprint density at radius 3 is 1.64 bits per heavy atom. The third kappa shape index (κ3) is 8.32. The molecule has 1 aliphatic heterocycles. The largest absolute Gasteiger partial charge is 0.449 e. The van der Waals surface area contributed by atoms with Gasteiger partial charge < -0.3 is 4.12 Å². The van der Waals surface area contributed by atoms with Gasteiger partial charge >= 0.3 is 0 Å². The minimum atomic E-state index is -1.58. The Morgan fingerprint density at radius 2 is 1.32 bits per heavy atom. The van der Waals surface area contributed by atoms with E-state index in [1.807, 2.05) is 11.4 Å².